The average Bonchev–Trinajstić information content (AvgIpc) is 3.13. The van der Waals surface area contributed by atoms with Crippen molar-refractivity contribution in [3.05, 3.63) is 29.6 Å². The van der Waals surface area contributed by atoms with Gasteiger partial charge in [0, 0.05) is 30.9 Å². The Labute approximate surface area is 138 Å². The van der Waals surface area contributed by atoms with E-state index in [-0.39, 0.29) is 12.2 Å². The summed E-state index contributed by atoms with van der Waals surface area (Å²) in [6.45, 7) is 5.59. The normalized spacial score (nSPS) is 18.2. The lowest BCUT2D eigenvalue weighted by Crippen LogP contribution is -2.29. The van der Waals surface area contributed by atoms with Gasteiger partial charge in [0.05, 0.1) is 12.7 Å². The predicted molar refractivity (Wildman–Crippen MR) is 81.2 cm³/mol. The van der Waals surface area contributed by atoms with Gasteiger partial charge in [-0.2, -0.15) is 18.3 Å². The monoisotopic (exact) mass is 342 g/mol. The zero-order valence-corrected chi connectivity index (χ0v) is 13.7. The second-order valence-corrected chi connectivity index (χ2v) is 6.39. The highest BCUT2D eigenvalue weighted by molar-refractivity contribution is 5.08. The van der Waals surface area contributed by atoms with E-state index in [0.29, 0.717) is 37.9 Å². The molecule has 9 heteroatoms. The van der Waals surface area contributed by atoms with Crippen LogP contribution in [0, 0.1) is 0 Å². The summed E-state index contributed by atoms with van der Waals surface area (Å²) in [4.78, 5) is 0. The van der Waals surface area contributed by atoms with E-state index >= 15 is 0 Å². The molecule has 1 aliphatic heterocycles. The van der Waals surface area contributed by atoms with E-state index in [1.807, 2.05) is 24.7 Å². The van der Waals surface area contributed by atoms with Crippen LogP contribution in [0.4, 0.5) is 13.2 Å². The highest BCUT2D eigenvalue weighted by atomic mass is 19.4. The first-order valence-electron chi connectivity index (χ1n) is 8.08. The Balaban J connectivity index is 1.63. The Morgan fingerprint density at radius 3 is 2.75 bits per heavy atom. The Morgan fingerprint density at radius 2 is 2.08 bits per heavy atom. The lowest BCUT2D eigenvalue weighted by atomic mass is 9.98. The van der Waals surface area contributed by atoms with Crippen LogP contribution in [0.5, 0.6) is 0 Å². The summed E-state index contributed by atoms with van der Waals surface area (Å²) in [7, 11) is 0. The van der Waals surface area contributed by atoms with E-state index in [1.54, 1.807) is 10.8 Å². The third-order valence-electron chi connectivity index (χ3n) is 4.23. The number of alkyl halides is 3. The molecular formula is C15H21F3N6. The first kappa shape index (κ1) is 16.9. The number of hydrogen-bond acceptors (Lipinski definition) is 4. The van der Waals surface area contributed by atoms with Gasteiger partial charge in [0.25, 0.3) is 0 Å². The second-order valence-electron chi connectivity index (χ2n) is 6.39. The minimum absolute atomic E-state index is 0.0400. The highest BCUT2D eigenvalue weighted by Gasteiger charge is 2.45. The zero-order chi connectivity index (χ0) is 17.3. The fourth-order valence-electron chi connectivity index (χ4n) is 2.94. The number of fused-ring (bicyclic) bond motifs is 1. The molecule has 0 amide bonds. The topological polar surface area (TPSA) is 60.6 Å². The minimum atomic E-state index is -4.26. The maximum Gasteiger partial charge on any atom is 0.398 e. The molecule has 24 heavy (non-hydrogen) atoms. The van der Waals surface area contributed by atoms with Crippen LogP contribution in [0.1, 0.15) is 55.9 Å². The molecule has 0 aliphatic carbocycles. The molecule has 0 saturated carbocycles. The number of aromatic nitrogens is 5. The molecule has 1 N–H and O–H groups in total. The molecule has 0 spiro atoms. The Kier molecular flexibility index (Phi) is 4.62. The molecule has 0 bridgehead atoms. The van der Waals surface area contributed by atoms with Gasteiger partial charge >= 0.3 is 6.18 Å². The number of nitrogens with one attached hydrogen (secondary N) is 1. The molecule has 0 fully saturated rings. The molecule has 1 atom stereocenters. The Hall–Kier alpha value is -1.90. The fraction of sp³-hybridized carbons (Fsp3) is 0.667. The van der Waals surface area contributed by atoms with Crippen molar-refractivity contribution in [2.24, 2.45) is 0 Å². The predicted octanol–water partition coefficient (Wildman–Crippen LogP) is 2.79. The maximum atomic E-state index is 13.1. The van der Waals surface area contributed by atoms with Crippen molar-refractivity contribution in [3.63, 3.8) is 0 Å². The Bertz CT molecular complexity index is 688. The number of rotatable bonds is 5. The van der Waals surface area contributed by atoms with Crippen molar-refractivity contribution in [1.29, 1.82) is 0 Å². The molecule has 0 radical (unpaired) electrons. The van der Waals surface area contributed by atoms with Gasteiger partial charge in [-0.3, -0.25) is 4.68 Å². The van der Waals surface area contributed by atoms with E-state index in [2.05, 4.69) is 20.6 Å². The molecule has 3 rings (SSSR count). The quantitative estimate of drug-likeness (QED) is 0.908. The van der Waals surface area contributed by atoms with Crippen LogP contribution >= 0.6 is 0 Å². The van der Waals surface area contributed by atoms with Gasteiger partial charge in [0.1, 0.15) is 17.6 Å². The lowest BCUT2D eigenvalue weighted by molar-refractivity contribution is -0.156. The summed E-state index contributed by atoms with van der Waals surface area (Å²) in [5.74, 6) is -0.912. The summed E-state index contributed by atoms with van der Waals surface area (Å²) in [5, 5.41) is 15.2. The SMILES string of the molecule is CC(C)n1cc(CNCc2nnc3n2CCC[C@H]3C(F)(F)F)cn1. The van der Waals surface area contributed by atoms with Crippen LogP contribution in [0.3, 0.4) is 0 Å². The molecule has 1 aliphatic rings. The van der Waals surface area contributed by atoms with E-state index in [1.165, 1.54) is 0 Å². The van der Waals surface area contributed by atoms with Crippen molar-refractivity contribution in [2.45, 2.75) is 64.5 Å². The van der Waals surface area contributed by atoms with Crippen LogP contribution in [0.25, 0.3) is 0 Å². The van der Waals surface area contributed by atoms with Crippen molar-refractivity contribution >= 4 is 0 Å². The summed E-state index contributed by atoms with van der Waals surface area (Å²) < 4.78 is 42.7. The van der Waals surface area contributed by atoms with Crippen LogP contribution < -0.4 is 5.32 Å². The minimum Gasteiger partial charge on any atom is -0.313 e. The van der Waals surface area contributed by atoms with Crippen LogP contribution in [0.2, 0.25) is 0 Å². The van der Waals surface area contributed by atoms with Crippen molar-refractivity contribution in [3.8, 4) is 0 Å². The van der Waals surface area contributed by atoms with Crippen LogP contribution in [-0.4, -0.2) is 30.7 Å². The summed E-state index contributed by atoms with van der Waals surface area (Å²) in [5.41, 5.74) is 1.02. The first-order valence-corrected chi connectivity index (χ1v) is 8.08. The molecule has 132 valence electrons. The van der Waals surface area contributed by atoms with Gasteiger partial charge in [0.2, 0.25) is 0 Å². The second kappa shape index (κ2) is 6.54. The van der Waals surface area contributed by atoms with E-state index in [0.717, 1.165) is 5.56 Å². The van der Waals surface area contributed by atoms with Crippen molar-refractivity contribution in [1.82, 2.24) is 29.9 Å². The molecular weight excluding hydrogens is 321 g/mol. The van der Waals surface area contributed by atoms with Gasteiger partial charge in [-0.1, -0.05) is 0 Å². The average molecular weight is 342 g/mol. The maximum absolute atomic E-state index is 13.1. The van der Waals surface area contributed by atoms with E-state index < -0.39 is 12.1 Å². The van der Waals surface area contributed by atoms with Crippen LogP contribution in [0.15, 0.2) is 12.4 Å². The molecule has 0 saturated heterocycles. The zero-order valence-electron chi connectivity index (χ0n) is 13.7. The van der Waals surface area contributed by atoms with Crippen molar-refractivity contribution in [2.75, 3.05) is 0 Å². The summed E-state index contributed by atoms with van der Waals surface area (Å²) in [6.07, 6.45) is 0.0523. The van der Waals surface area contributed by atoms with Crippen LogP contribution in [-0.2, 0) is 19.6 Å². The standard InChI is InChI=1S/C15H21F3N6/c1-10(2)24-9-11(7-20-24)6-19-8-13-21-22-14-12(15(16,17)18)4-3-5-23(13)14/h7,9-10,12,19H,3-6,8H2,1-2H3/t12-/m1/s1. The van der Waals surface area contributed by atoms with Gasteiger partial charge in [0.15, 0.2) is 0 Å². The van der Waals surface area contributed by atoms with Crippen molar-refractivity contribution < 1.29 is 13.2 Å². The molecule has 3 heterocycles. The molecule has 2 aromatic rings. The van der Waals surface area contributed by atoms with E-state index in [9.17, 15) is 13.2 Å². The fourth-order valence-corrected chi connectivity index (χ4v) is 2.94. The molecule has 2 aromatic heterocycles. The third kappa shape index (κ3) is 3.45. The van der Waals surface area contributed by atoms with Gasteiger partial charge in [-0.25, -0.2) is 0 Å². The summed E-state index contributed by atoms with van der Waals surface area (Å²) in [6, 6.07) is 0.293. The third-order valence-corrected chi connectivity index (χ3v) is 4.23. The summed E-state index contributed by atoms with van der Waals surface area (Å²) >= 11 is 0. The number of nitrogens with zero attached hydrogens (tertiary/aromatic N) is 5. The van der Waals surface area contributed by atoms with Gasteiger partial charge in [-0.15, -0.1) is 10.2 Å². The number of hydrogen-bond donors (Lipinski definition) is 1. The highest BCUT2D eigenvalue weighted by Crippen LogP contribution is 2.40. The first-order chi connectivity index (χ1) is 11.4. The smallest absolute Gasteiger partial charge is 0.313 e. The Morgan fingerprint density at radius 1 is 1.29 bits per heavy atom. The van der Waals surface area contributed by atoms with Gasteiger partial charge < -0.3 is 9.88 Å². The largest absolute Gasteiger partial charge is 0.398 e. The van der Waals surface area contributed by atoms with E-state index in [4.69, 9.17) is 0 Å². The van der Waals surface area contributed by atoms with Gasteiger partial charge in [-0.05, 0) is 26.7 Å². The number of halogens is 3. The molecule has 6 nitrogen and oxygen atoms in total. The molecule has 0 aromatic carbocycles. The molecule has 0 unspecified atom stereocenters. The lowest BCUT2D eigenvalue weighted by Gasteiger charge is -2.25.